The summed E-state index contributed by atoms with van der Waals surface area (Å²) in [6, 6.07) is 15.1. The number of imidazole rings is 1. The minimum Gasteiger partial charge on any atom is -0.502 e. The van der Waals surface area contributed by atoms with Crippen molar-refractivity contribution in [3.63, 3.8) is 0 Å². The molecule has 44 heavy (non-hydrogen) atoms. The number of aromatic nitrogens is 2. The monoisotopic (exact) mass is 648 g/mol. The van der Waals surface area contributed by atoms with Crippen molar-refractivity contribution in [3.8, 4) is 62.7 Å². The molecule has 1 heterocycles. The molecular formula is C27H26N2O13P2. The Morgan fingerprint density at radius 3 is 1.57 bits per heavy atom. The zero-order chi connectivity index (χ0) is 32.2. The number of rotatable bonds is 11. The Kier molecular flexibility index (Phi) is 9.59. The highest BCUT2D eigenvalue weighted by molar-refractivity contribution is 7.53. The molecule has 0 spiro atoms. The molecule has 4 rings (SSSR count). The van der Waals surface area contributed by atoms with Gasteiger partial charge in [0.2, 0.25) is 5.75 Å². The first kappa shape index (κ1) is 32.4. The van der Waals surface area contributed by atoms with E-state index in [1.807, 2.05) is 0 Å². The van der Waals surface area contributed by atoms with Crippen molar-refractivity contribution in [1.29, 1.82) is 0 Å². The second kappa shape index (κ2) is 13.0. The molecule has 0 radical (unpaired) electrons. The van der Waals surface area contributed by atoms with Crippen molar-refractivity contribution in [2.75, 3.05) is 26.5 Å². The van der Waals surface area contributed by atoms with Crippen LogP contribution in [0.25, 0.3) is 33.9 Å². The van der Waals surface area contributed by atoms with Crippen molar-refractivity contribution < 1.29 is 62.3 Å². The number of carbonyl (C=O) groups excluding carboxylic acids is 2. The molecule has 0 aliphatic heterocycles. The highest BCUT2D eigenvalue weighted by Gasteiger charge is 2.23. The van der Waals surface area contributed by atoms with Gasteiger partial charge in [-0.05, 0) is 60.7 Å². The summed E-state index contributed by atoms with van der Waals surface area (Å²) in [6.45, 7) is 0. The van der Waals surface area contributed by atoms with Crippen molar-refractivity contribution in [1.82, 2.24) is 9.97 Å². The lowest BCUT2D eigenvalue weighted by molar-refractivity contribution is -0.132. The molecule has 0 saturated heterocycles. The molecule has 0 atom stereocenters. The SMILES string of the molecule is COc1cc(-c2nc(-c3ccc(OC(=O)CP(=O)(O)O)cc3)c(-c3ccc(OC(=O)CP(=O)(O)O)cc3)[nH]2)cc(OC)c1O. The number of benzene rings is 3. The van der Waals surface area contributed by atoms with Crippen LogP contribution in [-0.4, -0.2) is 73.1 Å². The number of H-pyrrole nitrogens is 1. The van der Waals surface area contributed by atoms with Gasteiger partial charge in [0.25, 0.3) is 0 Å². The number of hydrogen-bond acceptors (Lipinski definition) is 10. The first-order chi connectivity index (χ1) is 20.7. The number of aromatic amines is 1. The van der Waals surface area contributed by atoms with Gasteiger partial charge < -0.3 is 48.6 Å². The Morgan fingerprint density at radius 2 is 1.16 bits per heavy atom. The topological polar surface area (TPSA) is 235 Å². The number of methoxy groups -OCH3 is 2. The maximum absolute atomic E-state index is 11.8. The van der Waals surface area contributed by atoms with Crippen molar-refractivity contribution >= 4 is 27.1 Å². The molecule has 0 bridgehead atoms. The minimum absolute atomic E-state index is 0.0407. The van der Waals surface area contributed by atoms with Crippen LogP contribution in [0.4, 0.5) is 0 Å². The van der Waals surface area contributed by atoms with E-state index >= 15 is 0 Å². The number of esters is 2. The Bertz CT molecular complexity index is 1650. The van der Waals surface area contributed by atoms with Gasteiger partial charge in [-0.15, -0.1) is 0 Å². The Labute approximate surface area is 249 Å². The zero-order valence-corrected chi connectivity index (χ0v) is 24.8. The Balaban J connectivity index is 1.73. The van der Waals surface area contributed by atoms with Gasteiger partial charge in [0.1, 0.15) is 29.6 Å². The predicted octanol–water partition coefficient (Wildman–Crippen LogP) is 3.30. The summed E-state index contributed by atoms with van der Waals surface area (Å²) >= 11 is 0. The Morgan fingerprint density at radius 1 is 0.727 bits per heavy atom. The number of nitrogens with one attached hydrogen (secondary N) is 1. The van der Waals surface area contributed by atoms with Crippen LogP contribution in [0.3, 0.4) is 0 Å². The average molecular weight is 648 g/mol. The second-order valence-corrected chi connectivity index (χ2v) is 12.5. The molecular weight excluding hydrogens is 622 g/mol. The van der Waals surface area contributed by atoms with E-state index < -0.39 is 39.5 Å². The van der Waals surface area contributed by atoms with Gasteiger partial charge in [-0.1, -0.05) is 0 Å². The number of hydrogen-bond donors (Lipinski definition) is 6. The smallest absolute Gasteiger partial charge is 0.336 e. The summed E-state index contributed by atoms with van der Waals surface area (Å²) in [5.41, 5.74) is 2.46. The summed E-state index contributed by atoms with van der Waals surface area (Å²) in [7, 11) is -6.46. The summed E-state index contributed by atoms with van der Waals surface area (Å²) < 4.78 is 42.7. The summed E-state index contributed by atoms with van der Waals surface area (Å²) in [5, 5.41) is 10.3. The standard InChI is InChI=1S/C27H26N2O13P2/c1-39-20-11-17(12-21(40-2)26(20)32)27-28-24(15-3-7-18(8-4-15)41-22(30)13-43(33,34)35)25(29-27)16-5-9-19(10-6-16)42-23(31)14-44(36,37)38/h3-12,32H,13-14H2,1-2H3,(H,28,29)(H2,33,34,35)(H2,36,37,38). The van der Waals surface area contributed by atoms with Crippen LogP contribution in [0.15, 0.2) is 60.7 Å². The lowest BCUT2D eigenvalue weighted by Crippen LogP contribution is -2.13. The summed E-state index contributed by atoms with van der Waals surface area (Å²) in [5.74, 6) is -1.75. The maximum atomic E-state index is 11.8. The van der Waals surface area contributed by atoms with E-state index in [4.69, 9.17) is 43.5 Å². The van der Waals surface area contributed by atoms with Crippen LogP contribution in [0.2, 0.25) is 0 Å². The molecule has 0 saturated carbocycles. The number of carbonyl (C=O) groups is 2. The lowest BCUT2D eigenvalue weighted by atomic mass is 10.0. The summed E-state index contributed by atoms with van der Waals surface area (Å²) in [6.07, 6.45) is -2.15. The Hall–Kier alpha value is -4.49. The van der Waals surface area contributed by atoms with Gasteiger partial charge in [0, 0.05) is 16.7 Å². The molecule has 0 amide bonds. The van der Waals surface area contributed by atoms with Gasteiger partial charge in [-0.25, -0.2) is 4.98 Å². The van der Waals surface area contributed by atoms with Crippen LogP contribution in [-0.2, 0) is 18.7 Å². The zero-order valence-electron chi connectivity index (χ0n) is 23.0. The maximum Gasteiger partial charge on any atom is 0.336 e. The number of nitrogens with zero attached hydrogens (tertiary/aromatic N) is 1. The third-order valence-corrected chi connectivity index (χ3v) is 7.20. The fraction of sp³-hybridized carbons (Fsp3) is 0.148. The molecule has 0 fully saturated rings. The third kappa shape index (κ3) is 8.32. The fourth-order valence-corrected chi connectivity index (χ4v) is 4.79. The minimum atomic E-state index is -4.60. The van der Waals surface area contributed by atoms with E-state index in [0.717, 1.165) is 0 Å². The van der Waals surface area contributed by atoms with Crippen LogP contribution in [0, 0.1) is 0 Å². The molecule has 232 valence electrons. The normalized spacial score (nSPS) is 11.6. The van der Waals surface area contributed by atoms with Crippen LogP contribution in [0.5, 0.6) is 28.7 Å². The molecule has 6 N–H and O–H groups in total. The van der Waals surface area contributed by atoms with Crippen molar-refractivity contribution in [3.05, 3.63) is 60.7 Å². The van der Waals surface area contributed by atoms with Crippen molar-refractivity contribution in [2.24, 2.45) is 0 Å². The first-order valence-electron chi connectivity index (χ1n) is 12.4. The number of aromatic hydroxyl groups is 1. The van der Waals surface area contributed by atoms with E-state index in [-0.39, 0.29) is 28.7 Å². The first-order valence-corrected chi connectivity index (χ1v) is 16.0. The highest BCUT2D eigenvalue weighted by atomic mass is 31.2. The van der Waals surface area contributed by atoms with E-state index in [0.29, 0.717) is 33.9 Å². The van der Waals surface area contributed by atoms with Gasteiger partial charge in [-0.2, -0.15) is 0 Å². The van der Waals surface area contributed by atoms with Gasteiger partial charge in [0.05, 0.1) is 25.6 Å². The van der Waals surface area contributed by atoms with Gasteiger partial charge in [-0.3, -0.25) is 18.7 Å². The van der Waals surface area contributed by atoms with Gasteiger partial charge >= 0.3 is 27.1 Å². The van der Waals surface area contributed by atoms with Crippen molar-refractivity contribution in [2.45, 2.75) is 0 Å². The third-order valence-electron chi connectivity index (χ3n) is 5.86. The molecule has 0 aliphatic carbocycles. The molecule has 15 nitrogen and oxygen atoms in total. The number of phenolic OH excluding ortho intramolecular Hbond substituents is 1. The van der Waals surface area contributed by atoms with Crippen LogP contribution < -0.4 is 18.9 Å². The highest BCUT2D eigenvalue weighted by Crippen LogP contribution is 2.42. The van der Waals surface area contributed by atoms with E-state index in [2.05, 4.69) is 4.98 Å². The summed E-state index contributed by atoms with van der Waals surface area (Å²) in [4.78, 5) is 67.6. The second-order valence-electron chi connectivity index (χ2n) is 9.18. The lowest BCUT2D eigenvalue weighted by Gasteiger charge is -2.10. The molecule has 1 aromatic heterocycles. The van der Waals surface area contributed by atoms with E-state index in [1.54, 1.807) is 24.3 Å². The molecule has 4 aromatic rings. The largest absolute Gasteiger partial charge is 0.502 e. The molecule has 17 heteroatoms. The molecule has 0 unspecified atom stereocenters. The van der Waals surface area contributed by atoms with E-state index in [9.17, 15) is 23.8 Å². The molecule has 0 aliphatic rings. The van der Waals surface area contributed by atoms with Crippen LogP contribution in [0.1, 0.15) is 0 Å². The average Bonchev–Trinajstić information content (AvgIpc) is 3.37. The quantitative estimate of drug-likeness (QED) is 0.0778. The predicted molar refractivity (Wildman–Crippen MR) is 155 cm³/mol. The van der Waals surface area contributed by atoms with Gasteiger partial charge in [0.15, 0.2) is 11.5 Å². The van der Waals surface area contributed by atoms with Crippen LogP contribution >= 0.6 is 15.2 Å². The van der Waals surface area contributed by atoms with E-state index in [1.165, 1.54) is 50.6 Å². The fourth-order valence-electron chi connectivity index (χ4n) is 3.99. The molecule has 3 aromatic carbocycles. The number of ether oxygens (including phenoxy) is 4. The number of phenols is 1.